The third-order valence-electron chi connectivity index (χ3n) is 3.45. The van der Waals surface area contributed by atoms with Crippen LogP contribution in [-0.4, -0.2) is 38.9 Å². The summed E-state index contributed by atoms with van der Waals surface area (Å²) in [7, 11) is -1.51. The topological polar surface area (TPSA) is 49.4 Å². The van der Waals surface area contributed by atoms with Crippen LogP contribution in [0.3, 0.4) is 0 Å². The third-order valence-corrected chi connectivity index (χ3v) is 5.75. The Hall–Kier alpha value is -0.430. The Morgan fingerprint density at radius 3 is 2.74 bits per heavy atom. The lowest BCUT2D eigenvalue weighted by Gasteiger charge is -2.31. The number of aryl methyl sites for hydroxylation is 1. The van der Waals surface area contributed by atoms with Crippen LogP contribution in [0.2, 0.25) is 0 Å². The van der Waals surface area contributed by atoms with Gasteiger partial charge in [-0.1, -0.05) is 15.9 Å². The molecule has 1 fully saturated rings. The highest BCUT2D eigenvalue weighted by Crippen LogP contribution is 2.24. The Morgan fingerprint density at radius 1 is 1.37 bits per heavy atom. The molecule has 2 rings (SSSR count). The van der Waals surface area contributed by atoms with Crippen molar-refractivity contribution in [2.45, 2.75) is 30.7 Å². The van der Waals surface area contributed by atoms with Gasteiger partial charge < -0.3 is 5.32 Å². The molecule has 1 atom stereocenters. The van der Waals surface area contributed by atoms with Crippen LogP contribution in [0, 0.1) is 6.92 Å². The molecular formula is C13H19BrN2O2S. The fourth-order valence-electron chi connectivity index (χ4n) is 2.40. The van der Waals surface area contributed by atoms with Crippen molar-refractivity contribution in [1.29, 1.82) is 0 Å². The predicted octanol–water partition coefficient (Wildman–Crippen LogP) is 2.13. The largest absolute Gasteiger partial charge is 0.316 e. The molecule has 1 unspecified atom stereocenters. The quantitative estimate of drug-likeness (QED) is 0.911. The number of likely N-dealkylation sites (N-methyl/N-ethyl adjacent to an activating group) is 1. The van der Waals surface area contributed by atoms with Gasteiger partial charge in [0.15, 0.2) is 0 Å². The molecule has 1 aromatic rings. The average Bonchev–Trinajstić information content (AvgIpc) is 2.37. The highest BCUT2D eigenvalue weighted by atomic mass is 79.9. The molecule has 1 heterocycles. The van der Waals surface area contributed by atoms with Gasteiger partial charge in [0.05, 0.1) is 4.90 Å². The van der Waals surface area contributed by atoms with Gasteiger partial charge in [-0.05, 0) is 50.6 Å². The van der Waals surface area contributed by atoms with Gasteiger partial charge in [-0.2, -0.15) is 4.31 Å². The number of nitrogens with one attached hydrogen (secondary N) is 1. The average molecular weight is 347 g/mol. The molecule has 0 aliphatic carbocycles. The Bertz CT molecular complexity index is 540. The lowest BCUT2D eigenvalue weighted by molar-refractivity contribution is 0.293. The van der Waals surface area contributed by atoms with Crippen LogP contribution >= 0.6 is 15.9 Å². The molecule has 1 aromatic carbocycles. The van der Waals surface area contributed by atoms with Crippen molar-refractivity contribution < 1.29 is 8.42 Å². The number of hydrogen-bond acceptors (Lipinski definition) is 3. The lowest BCUT2D eigenvalue weighted by atomic mass is 10.1. The number of halogens is 1. The monoisotopic (exact) mass is 346 g/mol. The predicted molar refractivity (Wildman–Crippen MR) is 79.7 cm³/mol. The normalized spacial score (nSPS) is 21.5. The molecule has 1 saturated heterocycles. The molecule has 4 nitrogen and oxygen atoms in total. The maximum Gasteiger partial charge on any atom is 0.243 e. The van der Waals surface area contributed by atoms with E-state index in [2.05, 4.69) is 21.2 Å². The van der Waals surface area contributed by atoms with Gasteiger partial charge in [-0.3, -0.25) is 0 Å². The molecule has 1 aliphatic rings. The number of hydrogen-bond donors (Lipinski definition) is 1. The zero-order valence-electron chi connectivity index (χ0n) is 11.2. The summed E-state index contributed by atoms with van der Waals surface area (Å²) in [5.41, 5.74) is 0.940. The van der Waals surface area contributed by atoms with Crippen LogP contribution in [0.25, 0.3) is 0 Å². The van der Waals surface area contributed by atoms with Gasteiger partial charge in [0, 0.05) is 23.6 Å². The minimum absolute atomic E-state index is 0.247. The molecule has 19 heavy (non-hydrogen) atoms. The van der Waals surface area contributed by atoms with Crippen molar-refractivity contribution in [2.75, 3.05) is 20.1 Å². The standard InChI is InChI=1S/C13H19BrN2O2S/c1-10-6-11(14)8-13(7-10)19(17,18)16-5-3-4-12(9-16)15-2/h6-8,12,15H,3-5,9H2,1-2H3. The van der Waals surface area contributed by atoms with Gasteiger partial charge in [-0.15, -0.1) is 0 Å². The van der Waals surface area contributed by atoms with Crippen molar-refractivity contribution in [3.8, 4) is 0 Å². The van der Waals surface area contributed by atoms with E-state index in [1.165, 1.54) is 0 Å². The van der Waals surface area contributed by atoms with E-state index in [-0.39, 0.29) is 6.04 Å². The first-order valence-electron chi connectivity index (χ1n) is 6.38. The Labute approximate surface area is 123 Å². The van der Waals surface area contributed by atoms with Crippen LogP contribution in [-0.2, 0) is 10.0 Å². The summed E-state index contributed by atoms with van der Waals surface area (Å²) >= 11 is 3.36. The van der Waals surface area contributed by atoms with Crippen LogP contribution in [0.15, 0.2) is 27.6 Å². The fraction of sp³-hybridized carbons (Fsp3) is 0.538. The summed E-state index contributed by atoms with van der Waals surface area (Å²) in [6, 6.07) is 5.55. The van der Waals surface area contributed by atoms with Gasteiger partial charge >= 0.3 is 0 Å². The summed E-state index contributed by atoms with van der Waals surface area (Å²) < 4.78 is 27.6. The maximum absolute atomic E-state index is 12.6. The summed E-state index contributed by atoms with van der Waals surface area (Å²) in [5.74, 6) is 0. The maximum atomic E-state index is 12.6. The number of benzene rings is 1. The minimum Gasteiger partial charge on any atom is -0.316 e. The second kappa shape index (κ2) is 5.91. The summed E-state index contributed by atoms with van der Waals surface area (Å²) in [6.45, 7) is 3.05. The number of piperidine rings is 1. The first-order valence-corrected chi connectivity index (χ1v) is 8.61. The number of nitrogens with zero attached hydrogens (tertiary/aromatic N) is 1. The number of rotatable bonds is 3. The Kier molecular flexibility index (Phi) is 4.66. The van der Waals surface area contributed by atoms with Crippen molar-refractivity contribution in [3.63, 3.8) is 0 Å². The second-order valence-electron chi connectivity index (χ2n) is 4.96. The molecule has 1 N–H and O–H groups in total. The molecule has 0 saturated carbocycles. The van der Waals surface area contributed by atoms with Gasteiger partial charge in [-0.25, -0.2) is 8.42 Å². The zero-order chi connectivity index (χ0) is 14.0. The van der Waals surface area contributed by atoms with Crippen LogP contribution in [0.5, 0.6) is 0 Å². The van der Waals surface area contributed by atoms with Crippen LogP contribution < -0.4 is 5.32 Å². The molecule has 0 radical (unpaired) electrons. The highest BCUT2D eigenvalue weighted by Gasteiger charge is 2.29. The highest BCUT2D eigenvalue weighted by molar-refractivity contribution is 9.10. The zero-order valence-corrected chi connectivity index (χ0v) is 13.6. The Balaban J connectivity index is 2.31. The van der Waals surface area contributed by atoms with E-state index in [0.717, 1.165) is 22.9 Å². The smallest absolute Gasteiger partial charge is 0.243 e. The Morgan fingerprint density at radius 2 is 2.11 bits per heavy atom. The van der Waals surface area contributed by atoms with Gasteiger partial charge in [0.2, 0.25) is 10.0 Å². The van der Waals surface area contributed by atoms with E-state index < -0.39 is 10.0 Å². The van der Waals surface area contributed by atoms with Crippen molar-refractivity contribution in [3.05, 3.63) is 28.2 Å². The molecule has 106 valence electrons. The SMILES string of the molecule is CNC1CCCN(S(=O)(=O)c2cc(C)cc(Br)c2)C1. The van der Waals surface area contributed by atoms with Crippen molar-refractivity contribution in [1.82, 2.24) is 9.62 Å². The summed E-state index contributed by atoms with van der Waals surface area (Å²) in [4.78, 5) is 0.371. The number of sulfonamides is 1. The van der Waals surface area contributed by atoms with E-state index in [1.807, 2.05) is 20.0 Å². The molecule has 0 aromatic heterocycles. The first-order chi connectivity index (χ1) is 8.93. The van der Waals surface area contributed by atoms with Crippen molar-refractivity contribution >= 4 is 26.0 Å². The molecule has 6 heteroatoms. The van der Waals surface area contributed by atoms with E-state index >= 15 is 0 Å². The second-order valence-corrected chi connectivity index (χ2v) is 7.81. The minimum atomic E-state index is -3.39. The molecular weight excluding hydrogens is 328 g/mol. The van der Waals surface area contributed by atoms with Crippen LogP contribution in [0.1, 0.15) is 18.4 Å². The fourth-order valence-corrected chi connectivity index (χ4v) is 4.81. The van der Waals surface area contributed by atoms with E-state index in [0.29, 0.717) is 18.0 Å². The summed E-state index contributed by atoms with van der Waals surface area (Å²) in [6.07, 6.45) is 1.93. The molecule has 0 bridgehead atoms. The first kappa shape index (κ1) is 15.0. The van der Waals surface area contributed by atoms with Crippen LogP contribution in [0.4, 0.5) is 0 Å². The summed E-state index contributed by atoms with van der Waals surface area (Å²) in [5, 5.41) is 3.16. The molecule has 0 amide bonds. The third kappa shape index (κ3) is 3.37. The molecule has 0 spiro atoms. The van der Waals surface area contributed by atoms with Gasteiger partial charge in [0.1, 0.15) is 0 Å². The van der Waals surface area contributed by atoms with E-state index in [9.17, 15) is 8.42 Å². The van der Waals surface area contributed by atoms with Crippen molar-refractivity contribution in [2.24, 2.45) is 0 Å². The van der Waals surface area contributed by atoms with E-state index in [1.54, 1.807) is 16.4 Å². The molecule has 1 aliphatic heterocycles. The van der Waals surface area contributed by atoms with Gasteiger partial charge in [0.25, 0.3) is 0 Å². The van der Waals surface area contributed by atoms with E-state index in [4.69, 9.17) is 0 Å². The lowest BCUT2D eigenvalue weighted by Crippen LogP contribution is -2.46.